The molecule has 2 nitrogen and oxygen atoms in total. The van der Waals surface area contributed by atoms with E-state index >= 15 is 0 Å². The second-order valence-electron chi connectivity index (χ2n) is 5.33. The topological polar surface area (TPSA) is 21.3 Å². The highest BCUT2D eigenvalue weighted by Gasteiger charge is 2.07. The number of halogens is 1. The number of rotatable bonds is 7. The van der Waals surface area contributed by atoms with E-state index in [1.54, 1.807) is 13.2 Å². The van der Waals surface area contributed by atoms with Crippen molar-refractivity contribution in [2.75, 3.05) is 7.11 Å². The molecule has 0 spiro atoms. The Bertz CT molecular complexity index is 571. The van der Waals surface area contributed by atoms with Crippen molar-refractivity contribution in [3.63, 3.8) is 0 Å². The summed E-state index contributed by atoms with van der Waals surface area (Å²) in [6.45, 7) is 3.47. The lowest BCUT2D eigenvalue weighted by molar-refractivity contribution is 0.185. The van der Waals surface area contributed by atoms with Crippen LogP contribution in [0.4, 0.5) is 4.39 Å². The van der Waals surface area contributed by atoms with Crippen LogP contribution in [0.1, 0.15) is 23.6 Å². The molecule has 2 rings (SSSR count). The highest BCUT2D eigenvalue weighted by molar-refractivity contribution is 5.23. The number of nitrogens with one attached hydrogen (secondary N) is 1. The molecule has 0 aliphatic carbocycles. The van der Waals surface area contributed by atoms with Crippen molar-refractivity contribution in [1.82, 2.24) is 5.32 Å². The molecule has 112 valence electrons. The Kier molecular flexibility index (Phi) is 5.90. The maximum Gasteiger partial charge on any atom is 0.126 e. The van der Waals surface area contributed by atoms with Crippen LogP contribution in [0, 0.1) is 5.82 Å². The van der Waals surface area contributed by atoms with Gasteiger partial charge in [0.1, 0.15) is 5.82 Å². The predicted molar refractivity (Wildman–Crippen MR) is 83.6 cm³/mol. The number of benzene rings is 2. The summed E-state index contributed by atoms with van der Waals surface area (Å²) in [5, 5.41) is 3.44. The molecule has 21 heavy (non-hydrogen) atoms. The first-order valence-electron chi connectivity index (χ1n) is 7.22. The molecule has 0 saturated carbocycles. The summed E-state index contributed by atoms with van der Waals surface area (Å²) in [7, 11) is 1.70. The lowest BCUT2D eigenvalue weighted by Crippen LogP contribution is -2.27. The van der Waals surface area contributed by atoms with Gasteiger partial charge in [-0.1, -0.05) is 42.5 Å². The zero-order valence-corrected chi connectivity index (χ0v) is 12.6. The van der Waals surface area contributed by atoms with Crippen LogP contribution in [0.15, 0.2) is 48.5 Å². The van der Waals surface area contributed by atoms with Crippen molar-refractivity contribution in [1.29, 1.82) is 0 Å². The third-order valence-corrected chi connectivity index (χ3v) is 3.44. The number of methoxy groups -OCH3 is 1. The predicted octanol–water partition coefficient (Wildman–Crippen LogP) is 3.69. The van der Waals surface area contributed by atoms with E-state index in [0.717, 1.165) is 12.1 Å². The van der Waals surface area contributed by atoms with Crippen LogP contribution in [0.5, 0.6) is 0 Å². The van der Waals surface area contributed by atoms with Gasteiger partial charge < -0.3 is 10.1 Å². The van der Waals surface area contributed by atoms with Crippen molar-refractivity contribution < 1.29 is 9.13 Å². The molecule has 1 unspecified atom stereocenters. The summed E-state index contributed by atoms with van der Waals surface area (Å²) < 4.78 is 18.7. The summed E-state index contributed by atoms with van der Waals surface area (Å²) in [5.74, 6) is -0.131. The zero-order valence-electron chi connectivity index (χ0n) is 12.6. The van der Waals surface area contributed by atoms with E-state index < -0.39 is 0 Å². The minimum absolute atomic E-state index is 0.131. The van der Waals surface area contributed by atoms with E-state index in [2.05, 4.69) is 30.4 Å². The number of hydrogen-bond donors (Lipinski definition) is 1. The Hall–Kier alpha value is -1.71. The van der Waals surface area contributed by atoms with Gasteiger partial charge in [-0.15, -0.1) is 0 Å². The van der Waals surface area contributed by atoms with Gasteiger partial charge in [-0.25, -0.2) is 4.39 Å². The molecule has 0 radical (unpaired) electrons. The van der Waals surface area contributed by atoms with Crippen molar-refractivity contribution in [2.45, 2.75) is 32.5 Å². The average molecular weight is 287 g/mol. The lowest BCUT2D eigenvalue weighted by atomic mass is 10.1. The van der Waals surface area contributed by atoms with E-state index in [4.69, 9.17) is 4.74 Å². The standard InChI is InChI=1S/C18H22FNO/c1-14(10-17-8-3-4-9-18(17)19)20-12-15-6-5-7-16(11-15)13-21-2/h3-9,11,14,20H,10,12-13H2,1-2H3. The Morgan fingerprint density at radius 1 is 1.10 bits per heavy atom. The van der Waals surface area contributed by atoms with Crippen LogP contribution in [0.25, 0.3) is 0 Å². The van der Waals surface area contributed by atoms with Crippen molar-refractivity contribution in [3.05, 3.63) is 71.0 Å². The smallest absolute Gasteiger partial charge is 0.126 e. The van der Waals surface area contributed by atoms with Gasteiger partial charge >= 0.3 is 0 Å². The van der Waals surface area contributed by atoms with Crippen LogP contribution < -0.4 is 5.32 Å². The van der Waals surface area contributed by atoms with Crippen LogP contribution in [-0.4, -0.2) is 13.2 Å². The number of ether oxygens (including phenoxy) is 1. The van der Waals surface area contributed by atoms with Crippen LogP contribution in [0.3, 0.4) is 0 Å². The SMILES string of the molecule is COCc1cccc(CNC(C)Cc2ccccc2F)c1. The summed E-state index contributed by atoms with van der Waals surface area (Å²) in [4.78, 5) is 0. The molecule has 0 fully saturated rings. The Morgan fingerprint density at radius 3 is 2.62 bits per heavy atom. The fourth-order valence-corrected chi connectivity index (χ4v) is 2.35. The lowest BCUT2D eigenvalue weighted by Gasteiger charge is -2.15. The molecule has 0 aliphatic rings. The first kappa shape index (κ1) is 15.7. The fourth-order valence-electron chi connectivity index (χ4n) is 2.35. The normalized spacial score (nSPS) is 12.3. The molecule has 1 N–H and O–H groups in total. The Balaban J connectivity index is 1.88. The van der Waals surface area contributed by atoms with Gasteiger partial charge in [0, 0.05) is 19.7 Å². The van der Waals surface area contributed by atoms with Gasteiger partial charge in [0.2, 0.25) is 0 Å². The van der Waals surface area contributed by atoms with Gasteiger partial charge in [-0.2, -0.15) is 0 Å². The second-order valence-corrected chi connectivity index (χ2v) is 5.33. The molecule has 2 aromatic carbocycles. The van der Waals surface area contributed by atoms with Crippen LogP contribution >= 0.6 is 0 Å². The minimum atomic E-state index is -0.131. The quantitative estimate of drug-likeness (QED) is 0.838. The first-order valence-corrected chi connectivity index (χ1v) is 7.22. The number of hydrogen-bond acceptors (Lipinski definition) is 2. The first-order chi connectivity index (χ1) is 10.2. The molecule has 0 bridgehead atoms. The van der Waals surface area contributed by atoms with E-state index in [-0.39, 0.29) is 11.9 Å². The molecule has 0 amide bonds. The summed E-state index contributed by atoms with van der Waals surface area (Å²) in [6, 6.07) is 15.5. The molecular formula is C18H22FNO. The summed E-state index contributed by atoms with van der Waals surface area (Å²) in [6.07, 6.45) is 0.685. The Labute approximate surface area is 126 Å². The van der Waals surface area contributed by atoms with Gasteiger partial charge in [-0.3, -0.25) is 0 Å². The summed E-state index contributed by atoms with van der Waals surface area (Å²) >= 11 is 0. The monoisotopic (exact) mass is 287 g/mol. The molecule has 0 aromatic heterocycles. The van der Waals surface area contributed by atoms with Gasteiger partial charge in [0.05, 0.1) is 6.61 Å². The molecule has 2 aromatic rings. The van der Waals surface area contributed by atoms with E-state index in [1.807, 2.05) is 18.2 Å². The fraction of sp³-hybridized carbons (Fsp3) is 0.333. The third-order valence-electron chi connectivity index (χ3n) is 3.44. The second kappa shape index (κ2) is 7.91. The van der Waals surface area contributed by atoms with Crippen molar-refractivity contribution in [2.24, 2.45) is 0 Å². The summed E-state index contributed by atoms with van der Waals surface area (Å²) in [5.41, 5.74) is 3.13. The van der Waals surface area contributed by atoms with Crippen molar-refractivity contribution >= 4 is 0 Å². The molecule has 0 heterocycles. The van der Waals surface area contributed by atoms with Crippen LogP contribution in [0.2, 0.25) is 0 Å². The van der Waals surface area contributed by atoms with E-state index in [9.17, 15) is 4.39 Å². The van der Waals surface area contributed by atoms with Crippen molar-refractivity contribution in [3.8, 4) is 0 Å². The highest BCUT2D eigenvalue weighted by atomic mass is 19.1. The molecular weight excluding hydrogens is 265 g/mol. The zero-order chi connectivity index (χ0) is 15.1. The van der Waals surface area contributed by atoms with Gasteiger partial charge in [0.25, 0.3) is 0 Å². The van der Waals surface area contributed by atoms with Gasteiger partial charge in [-0.05, 0) is 36.1 Å². The largest absolute Gasteiger partial charge is 0.380 e. The Morgan fingerprint density at radius 2 is 1.86 bits per heavy atom. The van der Waals surface area contributed by atoms with E-state index in [1.165, 1.54) is 17.2 Å². The minimum Gasteiger partial charge on any atom is -0.380 e. The molecule has 3 heteroatoms. The highest BCUT2D eigenvalue weighted by Crippen LogP contribution is 2.10. The van der Waals surface area contributed by atoms with Crippen LogP contribution in [-0.2, 0) is 24.3 Å². The molecule has 0 aliphatic heterocycles. The maximum atomic E-state index is 13.6. The molecule has 1 atom stereocenters. The average Bonchev–Trinajstić information content (AvgIpc) is 2.48. The van der Waals surface area contributed by atoms with E-state index in [0.29, 0.717) is 13.0 Å². The van der Waals surface area contributed by atoms with Gasteiger partial charge in [0.15, 0.2) is 0 Å². The maximum absolute atomic E-state index is 13.6. The third kappa shape index (κ3) is 4.96. The molecule has 0 saturated heterocycles.